The van der Waals surface area contributed by atoms with Gasteiger partial charge in [0.05, 0.1) is 37.2 Å². The van der Waals surface area contributed by atoms with Gasteiger partial charge in [0, 0.05) is 24.3 Å². The number of benzene rings is 1. The van der Waals surface area contributed by atoms with Crippen molar-refractivity contribution >= 4 is 23.4 Å². The lowest BCUT2D eigenvalue weighted by atomic mass is 9.77. The largest absolute Gasteiger partial charge is 0.494 e. The SMILES string of the molecule is CCOc1ccc(N2CC=C[C@H]3O[C@]45C=CCN(C(C)(C)C)C(=O)C4N([C@@H](CO)CC(C)C)C(=O)[C@@H]5[C@H]3C2=O)cc1. The third kappa shape index (κ3) is 4.87. The fraction of sp³-hybridized carbons (Fsp3) is 0.594. The van der Waals surface area contributed by atoms with Crippen molar-refractivity contribution in [2.75, 3.05) is 31.2 Å². The standard InChI is InChI=1S/C32H43N3O6/c1-7-40-23-13-11-21(12-14-23)33-16-8-10-24-25(28(33)37)26-29(38)35(22(19-36)18-20(2)3)27-30(39)34(31(4,5)6)17-9-15-32(26,27)41-24/h8-15,20,22,24-27,36H,7,16-19H2,1-6H3/t22-,24-,25+,26+,27?,32+/m1/s1. The molecule has 3 amide bonds. The molecule has 222 valence electrons. The van der Waals surface area contributed by atoms with Gasteiger partial charge in [-0.3, -0.25) is 14.4 Å². The molecule has 41 heavy (non-hydrogen) atoms. The lowest BCUT2D eigenvalue weighted by molar-refractivity contribution is -0.153. The fourth-order valence-electron chi connectivity index (χ4n) is 7.01. The summed E-state index contributed by atoms with van der Waals surface area (Å²) in [5, 5.41) is 10.5. The van der Waals surface area contributed by atoms with Crippen LogP contribution in [0.5, 0.6) is 5.75 Å². The molecular weight excluding hydrogens is 522 g/mol. The third-order valence-corrected chi connectivity index (χ3v) is 8.71. The van der Waals surface area contributed by atoms with E-state index >= 15 is 0 Å². The van der Waals surface area contributed by atoms with Gasteiger partial charge < -0.3 is 29.3 Å². The summed E-state index contributed by atoms with van der Waals surface area (Å²) in [7, 11) is 0. The number of likely N-dealkylation sites (tertiary alicyclic amines) is 1. The first kappa shape index (κ1) is 29.3. The van der Waals surface area contributed by atoms with E-state index in [1.807, 2.05) is 90.1 Å². The minimum atomic E-state index is -1.32. The van der Waals surface area contributed by atoms with Gasteiger partial charge in [-0.05, 0) is 64.3 Å². The van der Waals surface area contributed by atoms with Crippen LogP contribution in [0.2, 0.25) is 0 Å². The number of aliphatic hydroxyl groups is 1. The van der Waals surface area contributed by atoms with E-state index in [2.05, 4.69) is 0 Å². The molecule has 0 aliphatic carbocycles. The first-order chi connectivity index (χ1) is 19.4. The lowest BCUT2D eigenvalue weighted by Gasteiger charge is -2.42. The molecule has 1 aromatic rings. The van der Waals surface area contributed by atoms with Crippen molar-refractivity contribution < 1.29 is 29.0 Å². The maximum Gasteiger partial charge on any atom is 0.249 e. The number of fused-ring (bicyclic) bond motifs is 2. The molecule has 9 nitrogen and oxygen atoms in total. The van der Waals surface area contributed by atoms with Crippen LogP contribution in [0.4, 0.5) is 5.69 Å². The summed E-state index contributed by atoms with van der Waals surface area (Å²) in [6.45, 7) is 12.8. The zero-order valence-corrected chi connectivity index (χ0v) is 24.9. The van der Waals surface area contributed by atoms with Gasteiger partial charge in [0.25, 0.3) is 0 Å². The van der Waals surface area contributed by atoms with Crippen LogP contribution in [-0.2, 0) is 19.1 Å². The van der Waals surface area contributed by atoms with Gasteiger partial charge >= 0.3 is 0 Å². The van der Waals surface area contributed by atoms with Gasteiger partial charge in [-0.25, -0.2) is 0 Å². The molecule has 0 saturated carbocycles. The van der Waals surface area contributed by atoms with Crippen LogP contribution in [0, 0.1) is 17.8 Å². The van der Waals surface area contributed by atoms with Crippen molar-refractivity contribution in [3.05, 3.63) is 48.6 Å². The second-order valence-electron chi connectivity index (χ2n) is 12.9. The maximum absolute atomic E-state index is 14.5. The highest BCUT2D eigenvalue weighted by Crippen LogP contribution is 2.54. The highest BCUT2D eigenvalue weighted by atomic mass is 16.5. The number of rotatable bonds is 7. The summed E-state index contributed by atoms with van der Waals surface area (Å²) in [6, 6.07) is 5.78. The van der Waals surface area contributed by atoms with E-state index in [0.717, 1.165) is 0 Å². The quantitative estimate of drug-likeness (QED) is 0.510. The molecule has 1 spiro atoms. The average Bonchev–Trinajstić information content (AvgIpc) is 3.22. The van der Waals surface area contributed by atoms with Crippen LogP contribution in [-0.4, -0.2) is 88.3 Å². The molecule has 1 unspecified atom stereocenters. The van der Waals surface area contributed by atoms with E-state index in [-0.39, 0.29) is 30.2 Å². The van der Waals surface area contributed by atoms with Crippen molar-refractivity contribution in [1.29, 1.82) is 0 Å². The van der Waals surface area contributed by atoms with Crippen LogP contribution < -0.4 is 9.64 Å². The predicted molar refractivity (Wildman–Crippen MR) is 155 cm³/mol. The van der Waals surface area contributed by atoms with Crippen LogP contribution in [0.25, 0.3) is 0 Å². The van der Waals surface area contributed by atoms with Crippen LogP contribution in [0.15, 0.2) is 48.6 Å². The topological polar surface area (TPSA) is 99.6 Å². The van der Waals surface area contributed by atoms with E-state index in [0.29, 0.717) is 37.6 Å². The molecule has 4 aliphatic rings. The van der Waals surface area contributed by atoms with Gasteiger partial charge in [0.15, 0.2) is 0 Å². The molecule has 9 heteroatoms. The smallest absolute Gasteiger partial charge is 0.249 e. The van der Waals surface area contributed by atoms with Crippen molar-refractivity contribution in [3.8, 4) is 5.75 Å². The van der Waals surface area contributed by atoms with Gasteiger partial charge in [-0.1, -0.05) is 38.2 Å². The highest BCUT2D eigenvalue weighted by molar-refractivity contribution is 6.04. The van der Waals surface area contributed by atoms with Gasteiger partial charge in [0.1, 0.15) is 17.4 Å². The molecule has 0 aromatic heterocycles. The molecule has 0 radical (unpaired) electrons. The number of hydrogen-bond donors (Lipinski definition) is 1. The van der Waals surface area contributed by atoms with Crippen molar-refractivity contribution in [2.45, 2.75) is 77.3 Å². The van der Waals surface area contributed by atoms with E-state index in [9.17, 15) is 19.5 Å². The molecule has 5 rings (SSSR count). The van der Waals surface area contributed by atoms with E-state index in [1.165, 1.54) is 0 Å². The lowest BCUT2D eigenvalue weighted by Crippen LogP contribution is -2.60. The molecule has 0 bridgehead atoms. The summed E-state index contributed by atoms with van der Waals surface area (Å²) >= 11 is 0. The number of carbonyl (C=O) groups is 3. The average molecular weight is 566 g/mol. The number of amides is 3. The fourth-order valence-corrected chi connectivity index (χ4v) is 7.01. The Labute approximate surface area is 242 Å². The zero-order chi connectivity index (χ0) is 29.7. The number of ether oxygens (including phenoxy) is 2. The Balaban J connectivity index is 1.60. The molecule has 2 fully saturated rings. The summed E-state index contributed by atoms with van der Waals surface area (Å²) in [6.07, 6.45) is 7.37. The Hall–Kier alpha value is -3.17. The number of anilines is 1. The first-order valence-electron chi connectivity index (χ1n) is 14.8. The normalized spacial score (nSPS) is 30.3. The minimum Gasteiger partial charge on any atom is -0.494 e. The second-order valence-corrected chi connectivity index (χ2v) is 12.9. The Bertz CT molecular complexity index is 1230. The summed E-state index contributed by atoms with van der Waals surface area (Å²) in [4.78, 5) is 48.3. The Morgan fingerprint density at radius 2 is 1.76 bits per heavy atom. The first-order valence-corrected chi connectivity index (χ1v) is 14.8. The molecule has 1 N–H and O–H groups in total. The highest BCUT2D eigenvalue weighted by Gasteiger charge is 2.72. The Morgan fingerprint density at radius 3 is 2.37 bits per heavy atom. The van der Waals surface area contributed by atoms with Crippen molar-refractivity contribution in [1.82, 2.24) is 9.80 Å². The number of hydrogen-bond acceptors (Lipinski definition) is 6. The number of carbonyl (C=O) groups excluding carboxylic acids is 3. The summed E-state index contributed by atoms with van der Waals surface area (Å²) in [5.41, 5.74) is -1.13. The van der Waals surface area contributed by atoms with Crippen molar-refractivity contribution in [2.24, 2.45) is 17.8 Å². The number of nitrogens with zero attached hydrogens (tertiary/aromatic N) is 3. The van der Waals surface area contributed by atoms with Crippen LogP contribution in [0.3, 0.4) is 0 Å². The molecular formula is C32H43N3O6. The molecule has 6 atom stereocenters. The maximum atomic E-state index is 14.5. The van der Waals surface area contributed by atoms with Gasteiger partial charge in [-0.15, -0.1) is 0 Å². The van der Waals surface area contributed by atoms with E-state index in [4.69, 9.17) is 9.47 Å². The molecule has 4 heterocycles. The molecule has 1 aromatic carbocycles. The summed E-state index contributed by atoms with van der Waals surface area (Å²) in [5.74, 6) is -1.59. The summed E-state index contributed by atoms with van der Waals surface area (Å²) < 4.78 is 12.3. The molecule has 2 saturated heterocycles. The van der Waals surface area contributed by atoms with E-state index < -0.39 is 41.2 Å². The zero-order valence-electron chi connectivity index (χ0n) is 24.9. The van der Waals surface area contributed by atoms with E-state index in [1.54, 1.807) is 14.7 Å². The third-order valence-electron chi connectivity index (χ3n) is 8.71. The second kappa shape index (κ2) is 10.9. The molecule has 4 aliphatic heterocycles. The number of aliphatic hydroxyl groups excluding tert-OH is 1. The van der Waals surface area contributed by atoms with Crippen LogP contribution in [0.1, 0.15) is 48.0 Å². The van der Waals surface area contributed by atoms with Crippen molar-refractivity contribution in [3.63, 3.8) is 0 Å². The van der Waals surface area contributed by atoms with Gasteiger partial charge in [0.2, 0.25) is 17.7 Å². The van der Waals surface area contributed by atoms with Gasteiger partial charge in [-0.2, -0.15) is 0 Å². The Kier molecular flexibility index (Phi) is 7.80. The monoisotopic (exact) mass is 565 g/mol. The van der Waals surface area contributed by atoms with Crippen LogP contribution >= 0.6 is 0 Å². The predicted octanol–water partition coefficient (Wildman–Crippen LogP) is 3.17. The Morgan fingerprint density at radius 1 is 1.05 bits per heavy atom. The minimum absolute atomic E-state index is 0.178.